The van der Waals surface area contributed by atoms with Crippen molar-refractivity contribution in [2.75, 3.05) is 19.6 Å². The molecule has 1 saturated heterocycles. The lowest BCUT2D eigenvalue weighted by atomic mass is 9.99. The van der Waals surface area contributed by atoms with Crippen LogP contribution in [0.5, 0.6) is 0 Å². The molecule has 1 fully saturated rings. The molecule has 124 valence electrons. The number of carbonyl (C=O) groups excluding carboxylic acids is 1. The van der Waals surface area contributed by atoms with Crippen LogP contribution in [0.25, 0.3) is 0 Å². The highest BCUT2D eigenvalue weighted by molar-refractivity contribution is 7.91. The molecule has 5 nitrogen and oxygen atoms in total. The first-order chi connectivity index (χ1) is 10.2. The zero-order valence-corrected chi connectivity index (χ0v) is 13.1. The third kappa shape index (κ3) is 4.20. The fourth-order valence-corrected chi connectivity index (χ4v) is 4.91. The standard InChI is InChI=1S/C12H15F3N2O3S2/c13-12(14,15)8-16-11(18)9-3-1-5-17(7-9)22(19,20)10-4-2-6-21-10/h2,4,6,9H,1,3,5,7-8H2,(H,16,18). The first kappa shape index (κ1) is 17.2. The third-order valence-corrected chi connectivity index (χ3v) is 6.55. The number of carbonyl (C=O) groups is 1. The zero-order chi connectivity index (χ0) is 16.4. The molecule has 1 N–H and O–H groups in total. The summed E-state index contributed by atoms with van der Waals surface area (Å²) in [5.41, 5.74) is 0. The molecule has 2 heterocycles. The lowest BCUT2D eigenvalue weighted by molar-refractivity contribution is -0.141. The van der Waals surface area contributed by atoms with Gasteiger partial charge >= 0.3 is 6.18 Å². The topological polar surface area (TPSA) is 66.5 Å². The van der Waals surface area contributed by atoms with E-state index in [1.807, 2.05) is 5.32 Å². The summed E-state index contributed by atoms with van der Waals surface area (Å²) in [7, 11) is -3.68. The SMILES string of the molecule is O=C(NCC(F)(F)F)C1CCCN(S(=O)(=O)c2cccs2)C1. The van der Waals surface area contributed by atoms with Crippen molar-refractivity contribution in [1.82, 2.24) is 9.62 Å². The molecule has 10 heteroatoms. The van der Waals surface area contributed by atoms with Gasteiger partial charge in [0.05, 0.1) is 5.92 Å². The zero-order valence-electron chi connectivity index (χ0n) is 11.5. The molecule has 1 aliphatic rings. The van der Waals surface area contributed by atoms with E-state index in [-0.39, 0.29) is 17.3 Å². The van der Waals surface area contributed by atoms with E-state index in [9.17, 15) is 26.4 Å². The van der Waals surface area contributed by atoms with Crippen LogP contribution in [-0.4, -0.2) is 44.4 Å². The fourth-order valence-electron chi connectivity index (χ4n) is 2.24. The van der Waals surface area contributed by atoms with E-state index in [0.717, 1.165) is 11.3 Å². The minimum Gasteiger partial charge on any atom is -0.347 e. The molecule has 0 aromatic carbocycles. The summed E-state index contributed by atoms with van der Waals surface area (Å²) in [5.74, 6) is -1.52. The molecule has 1 aromatic heterocycles. The number of hydrogen-bond acceptors (Lipinski definition) is 4. The van der Waals surface area contributed by atoms with E-state index in [1.165, 1.54) is 10.4 Å². The fraction of sp³-hybridized carbons (Fsp3) is 0.583. The normalized spacial score (nSPS) is 20.8. The molecular weight excluding hydrogens is 341 g/mol. The summed E-state index contributed by atoms with van der Waals surface area (Å²) < 4.78 is 62.4. The highest BCUT2D eigenvalue weighted by Gasteiger charge is 2.35. The van der Waals surface area contributed by atoms with Crippen molar-refractivity contribution in [3.8, 4) is 0 Å². The summed E-state index contributed by atoms with van der Waals surface area (Å²) in [5, 5.41) is 3.45. The van der Waals surface area contributed by atoms with Crippen LogP contribution in [0.2, 0.25) is 0 Å². The van der Waals surface area contributed by atoms with Gasteiger partial charge in [-0.3, -0.25) is 4.79 Å². The Morgan fingerprint density at radius 3 is 2.77 bits per heavy atom. The van der Waals surface area contributed by atoms with Crippen molar-refractivity contribution < 1.29 is 26.4 Å². The molecule has 0 saturated carbocycles. The molecule has 0 spiro atoms. The molecule has 0 radical (unpaired) electrons. The highest BCUT2D eigenvalue weighted by atomic mass is 32.2. The number of amides is 1. The van der Waals surface area contributed by atoms with Crippen molar-refractivity contribution in [3.05, 3.63) is 17.5 Å². The van der Waals surface area contributed by atoms with Crippen LogP contribution in [-0.2, 0) is 14.8 Å². The molecule has 22 heavy (non-hydrogen) atoms. The maximum Gasteiger partial charge on any atom is 0.405 e. The number of halogens is 3. The molecule has 0 bridgehead atoms. The van der Waals surface area contributed by atoms with Crippen LogP contribution >= 0.6 is 11.3 Å². The Hall–Kier alpha value is -1.13. The quantitative estimate of drug-likeness (QED) is 0.895. The Labute approximate surface area is 130 Å². The van der Waals surface area contributed by atoms with Crippen molar-refractivity contribution in [2.24, 2.45) is 5.92 Å². The van der Waals surface area contributed by atoms with E-state index in [0.29, 0.717) is 12.8 Å². The first-order valence-electron chi connectivity index (χ1n) is 6.58. The van der Waals surface area contributed by atoms with Gasteiger partial charge in [0.2, 0.25) is 5.91 Å². The Morgan fingerprint density at radius 2 is 2.18 bits per heavy atom. The molecule has 1 unspecified atom stereocenters. The number of rotatable bonds is 4. The summed E-state index contributed by atoms with van der Waals surface area (Å²) in [6.45, 7) is -1.23. The number of thiophene rings is 1. The number of nitrogens with zero attached hydrogens (tertiary/aromatic N) is 1. The number of piperidine rings is 1. The van der Waals surface area contributed by atoms with Crippen LogP contribution in [0.1, 0.15) is 12.8 Å². The van der Waals surface area contributed by atoms with Gasteiger partial charge < -0.3 is 5.32 Å². The van der Waals surface area contributed by atoms with Crippen LogP contribution in [0.3, 0.4) is 0 Å². The van der Waals surface area contributed by atoms with Gasteiger partial charge in [-0.15, -0.1) is 11.3 Å². The predicted molar refractivity (Wildman–Crippen MR) is 74.9 cm³/mol. The van der Waals surface area contributed by atoms with E-state index in [4.69, 9.17) is 0 Å². The second-order valence-corrected chi connectivity index (χ2v) is 8.08. The number of sulfonamides is 1. The number of hydrogen-bond donors (Lipinski definition) is 1. The van der Waals surface area contributed by atoms with Gasteiger partial charge in [0, 0.05) is 13.1 Å². The van der Waals surface area contributed by atoms with Crippen LogP contribution in [0.4, 0.5) is 13.2 Å². The lowest BCUT2D eigenvalue weighted by Gasteiger charge is -2.30. The summed E-state index contributed by atoms with van der Waals surface area (Å²) in [6.07, 6.45) is -3.66. The number of nitrogens with one attached hydrogen (secondary N) is 1. The Morgan fingerprint density at radius 1 is 1.45 bits per heavy atom. The smallest absolute Gasteiger partial charge is 0.347 e. The van der Waals surface area contributed by atoms with Gasteiger partial charge in [0.1, 0.15) is 10.8 Å². The van der Waals surface area contributed by atoms with Crippen molar-refractivity contribution in [2.45, 2.75) is 23.2 Å². The lowest BCUT2D eigenvalue weighted by Crippen LogP contribution is -2.46. The van der Waals surface area contributed by atoms with Gasteiger partial charge in [-0.25, -0.2) is 8.42 Å². The summed E-state index contributed by atoms with van der Waals surface area (Å²) in [6, 6.07) is 3.07. The molecule has 0 aliphatic carbocycles. The van der Waals surface area contributed by atoms with Crippen LogP contribution in [0.15, 0.2) is 21.7 Å². The minimum absolute atomic E-state index is 0.0933. The maximum atomic E-state index is 12.4. The van der Waals surface area contributed by atoms with Crippen molar-refractivity contribution >= 4 is 27.3 Å². The van der Waals surface area contributed by atoms with Crippen molar-refractivity contribution in [3.63, 3.8) is 0 Å². The van der Waals surface area contributed by atoms with Crippen molar-refractivity contribution in [1.29, 1.82) is 0 Å². The van der Waals surface area contributed by atoms with Crippen LogP contribution < -0.4 is 5.32 Å². The molecule has 1 aliphatic heterocycles. The van der Waals surface area contributed by atoms with E-state index < -0.39 is 34.6 Å². The molecule has 1 aromatic rings. The monoisotopic (exact) mass is 356 g/mol. The largest absolute Gasteiger partial charge is 0.405 e. The Bertz CT molecular complexity index is 614. The predicted octanol–water partition coefficient (Wildman–Crippen LogP) is 1.83. The van der Waals surface area contributed by atoms with E-state index in [1.54, 1.807) is 11.4 Å². The van der Waals surface area contributed by atoms with E-state index >= 15 is 0 Å². The Balaban J connectivity index is 2.02. The molecule has 1 atom stereocenters. The van der Waals surface area contributed by atoms with Gasteiger partial charge in [0.25, 0.3) is 10.0 Å². The maximum absolute atomic E-state index is 12.4. The highest BCUT2D eigenvalue weighted by Crippen LogP contribution is 2.26. The van der Waals surface area contributed by atoms with E-state index in [2.05, 4.69) is 0 Å². The van der Waals surface area contributed by atoms with Gasteiger partial charge in [0.15, 0.2) is 0 Å². The average molecular weight is 356 g/mol. The Kier molecular flexibility index (Phi) is 5.13. The summed E-state index contributed by atoms with van der Waals surface area (Å²) >= 11 is 1.07. The second-order valence-electron chi connectivity index (χ2n) is 4.97. The van der Waals surface area contributed by atoms with Gasteiger partial charge in [-0.05, 0) is 24.3 Å². The molecular formula is C12H15F3N2O3S2. The average Bonchev–Trinajstić information content (AvgIpc) is 2.99. The minimum atomic E-state index is -4.48. The molecule has 1 amide bonds. The van der Waals surface area contributed by atoms with Crippen LogP contribution in [0, 0.1) is 5.92 Å². The van der Waals surface area contributed by atoms with Gasteiger partial charge in [-0.1, -0.05) is 6.07 Å². The number of alkyl halides is 3. The third-order valence-electron chi connectivity index (χ3n) is 3.31. The second kappa shape index (κ2) is 6.55. The summed E-state index contributed by atoms with van der Waals surface area (Å²) in [4.78, 5) is 11.8. The first-order valence-corrected chi connectivity index (χ1v) is 8.90. The molecule has 2 rings (SSSR count). The van der Waals surface area contributed by atoms with Gasteiger partial charge in [-0.2, -0.15) is 17.5 Å².